The third-order valence-electron chi connectivity index (χ3n) is 3.28. The Kier molecular flexibility index (Phi) is 3.14. The lowest BCUT2D eigenvalue weighted by Crippen LogP contribution is -2.33. The molecule has 1 nitrogen and oxygen atoms in total. The molecule has 1 rings (SSSR count). The van der Waals surface area contributed by atoms with Crippen LogP contribution in [0, 0.1) is 5.41 Å². The number of hydrogen-bond acceptors (Lipinski definition) is 1. The lowest BCUT2D eigenvalue weighted by atomic mass is 10.0. The molecule has 0 amide bonds. The minimum Gasteiger partial charge on any atom is -0.304 e. The van der Waals surface area contributed by atoms with E-state index in [-0.39, 0.29) is 6.42 Å². The van der Waals surface area contributed by atoms with Gasteiger partial charge in [-0.3, -0.25) is 0 Å². The van der Waals surface area contributed by atoms with E-state index in [0.29, 0.717) is 25.4 Å². The topological polar surface area (TPSA) is 3.24 Å². The van der Waals surface area contributed by atoms with Gasteiger partial charge in [0, 0.05) is 6.04 Å². The summed E-state index contributed by atoms with van der Waals surface area (Å²) in [7, 11) is 1.87. The molecule has 0 radical (unpaired) electrons. The van der Waals surface area contributed by atoms with Crippen LogP contribution in [0.4, 0.5) is 13.2 Å². The quantitative estimate of drug-likeness (QED) is 0.687. The molecule has 0 atom stereocenters. The minimum absolute atomic E-state index is 0.255. The van der Waals surface area contributed by atoms with Gasteiger partial charge in [0.2, 0.25) is 0 Å². The van der Waals surface area contributed by atoms with Gasteiger partial charge < -0.3 is 4.90 Å². The van der Waals surface area contributed by atoms with Crippen LogP contribution in [0.15, 0.2) is 0 Å². The van der Waals surface area contributed by atoms with Crippen molar-refractivity contribution in [3.63, 3.8) is 0 Å². The van der Waals surface area contributed by atoms with Crippen LogP contribution in [0.25, 0.3) is 0 Å². The van der Waals surface area contributed by atoms with E-state index >= 15 is 0 Å². The number of rotatable bonds is 4. The standard InChI is InChI=1S/C10H18F3N/c1-8(2)14(3)7-6-9(4-5-9)10(11,12)13/h8H,4-7H2,1-3H3. The summed E-state index contributed by atoms with van der Waals surface area (Å²) in [5, 5.41) is 0. The monoisotopic (exact) mass is 209 g/mol. The average molecular weight is 209 g/mol. The highest BCUT2D eigenvalue weighted by atomic mass is 19.4. The van der Waals surface area contributed by atoms with Gasteiger partial charge in [0.1, 0.15) is 0 Å². The first-order valence-corrected chi connectivity index (χ1v) is 5.05. The first-order chi connectivity index (χ1) is 6.28. The van der Waals surface area contributed by atoms with E-state index in [4.69, 9.17) is 0 Å². The molecule has 0 aliphatic heterocycles. The van der Waals surface area contributed by atoms with Crippen LogP contribution in [0.3, 0.4) is 0 Å². The molecule has 0 heterocycles. The summed E-state index contributed by atoms with van der Waals surface area (Å²) in [5.74, 6) is 0. The van der Waals surface area contributed by atoms with Crippen molar-refractivity contribution in [2.45, 2.75) is 45.3 Å². The summed E-state index contributed by atoms with van der Waals surface area (Å²) in [6.07, 6.45) is -3.10. The van der Waals surface area contributed by atoms with Gasteiger partial charge in [0.15, 0.2) is 0 Å². The molecule has 1 saturated carbocycles. The van der Waals surface area contributed by atoms with E-state index in [0.717, 1.165) is 0 Å². The van der Waals surface area contributed by atoms with E-state index < -0.39 is 11.6 Å². The number of hydrogen-bond donors (Lipinski definition) is 0. The van der Waals surface area contributed by atoms with Crippen molar-refractivity contribution in [3.8, 4) is 0 Å². The molecular weight excluding hydrogens is 191 g/mol. The number of alkyl halides is 3. The second kappa shape index (κ2) is 3.72. The molecule has 0 bridgehead atoms. The predicted octanol–water partition coefficient (Wildman–Crippen LogP) is 3.06. The van der Waals surface area contributed by atoms with Crippen LogP contribution in [-0.4, -0.2) is 30.7 Å². The van der Waals surface area contributed by atoms with Crippen molar-refractivity contribution >= 4 is 0 Å². The first kappa shape index (κ1) is 11.8. The lowest BCUT2D eigenvalue weighted by Gasteiger charge is -2.25. The number of nitrogens with zero attached hydrogens (tertiary/aromatic N) is 1. The van der Waals surface area contributed by atoms with E-state index in [1.807, 2.05) is 25.8 Å². The van der Waals surface area contributed by atoms with E-state index in [2.05, 4.69) is 0 Å². The van der Waals surface area contributed by atoms with Crippen molar-refractivity contribution < 1.29 is 13.2 Å². The molecule has 4 heteroatoms. The van der Waals surface area contributed by atoms with Crippen molar-refractivity contribution in [2.75, 3.05) is 13.6 Å². The predicted molar refractivity (Wildman–Crippen MR) is 50.1 cm³/mol. The van der Waals surface area contributed by atoms with Gasteiger partial charge >= 0.3 is 6.18 Å². The lowest BCUT2D eigenvalue weighted by molar-refractivity contribution is -0.189. The Hall–Kier alpha value is -0.250. The molecule has 0 aromatic carbocycles. The maximum atomic E-state index is 12.5. The maximum absolute atomic E-state index is 12.5. The van der Waals surface area contributed by atoms with E-state index in [1.54, 1.807) is 0 Å². The Morgan fingerprint density at radius 2 is 1.79 bits per heavy atom. The third kappa shape index (κ3) is 2.41. The molecule has 0 N–H and O–H groups in total. The molecule has 0 aromatic rings. The van der Waals surface area contributed by atoms with Crippen molar-refractivity contribution in [2.24, 2.45) is 5.41 Å². The highest BCUT2D eigenvalue weighted by Gasteiger charge is 2.62. The maximum Gasteiger partial charge on any atom is 0.394 e. The summed E-state index contributed by atoms with van der Waals surface area (Å²) in [5.41, 5.74) is -1.34. The molecular formula is C10H18F3N. The molecule has 0 spiro atoms. The largest absolute Gasteiger partial charge is 0.394 e. The molecule has 0 saturated heterocycles. The zero-order valence-electron chi connectivity index (χ0n) is 8.99. The molecule has 0 aromatic heterocycles. The SMILES string of the molecule is CC(C)N(C)CCC1(C(F)(F)F)CC1. The zero-order chi connectivity index (χ0) is 11.0. The van der Waals surface area contributed by atoms with Gasteiger partial charge in [-0.25, -0.2) is 0 Å². The summed E-state index contributed by atoms with van der Waals surface area (Å²) >= 11 is 0. The van der Waals surface area contributed by atoms with Crippen LogP contribution in [0.5, 0.6) is 0 Å². The normalized spacial score (nSPS) is 20.6. The zero-order valence-corrected chi connectivity index (χ0v) is 8.99. The summed E-state index contributed by atoms with van der Waals surface area (Å²) in [6, 6.07) is 0.319. The van der Waals surface area contributed by atoms with Gasteiger partial charge in [0.05, 0.1) is 5.41 Å². The molecule has 1 aliphatic rings. The van der Waals surface area contributed by atoms with Crippen LogP contribution in [0.2, 0.25) is 0 Å². The van der Waals surface area contributed by atoms with Gasteiger partial charge in [-0.2, -0.15) is 13.2 Å². The molecule has 0 unspecified atom stereocenters. The van der Waals surface area contributed by atoms with Crippen molar-refractivity contribution in [1.82, 2.24) is 4.90 Å². The Morgan fingerprint density at radius 1 is 1.29 bits per heavy atom. The van der Waals surface area contributed by atoms with Crippen molar-refractivity contribution in [3.05, 3.63) is 0 Å². The summed E-state index contributed by atoms with van der Waals surface area (Å²) in [4.78, 5) is 1.96. The molecule has 84 valence electrons. The fourth-order valence-electron chi connectivity index (χ4n) is 1.47. The smallest absolute Gasteiger partial charge is 0.304 e. The van der Waals surface area contributed by atoms with Crippen molar-refractivity contribution in [1.29, 1.82) is 0 Å². The third-order valence-corrected chi connectivity index (χ3v) is 3.28. The van der Waals surface area contributed by atoms with Crippen LogP contribution >= 0.6 is 0 Å². The van der Waals surface area contributed by atoms with Gasteiger partial charge in [0.25, 0.3) is 0 Å². The fourth-order valence-corrected chi connectivity index (χ4v) is 1.47. The van der Waals surface area contributed by atoms with E-state index in [9.17, 15) is 13.2 Å². The van der Waals surface area contributed by atoms with Crippen LogP contribution < -0.4 is 0 Å². The highest BCUT2D eigenvalue weighted by molar-refractivity contribution is 4.99. The average Bonchev–Trinajstić information content (AvgIpc) is 2.78. The Morgan fingerprint density at radius 3 is 2.07 bits per heavy atom. The minimum atomic E-state index is -4.00. The number of halogens is 3. The van der Waals surface area contributed by atoms with Gasteiger partial charge in [-0.05, 0) is 46.7 Å². The Balaban J connectivity index is 2.39. The first-order valence-electron chi connectivity index (χ1n) is 5.05. The summed E-state index contributed by atoms with van der Waals surface area (Å²) < 4.78 is 37.6. The molecule has 1 aliphatic carbocycles. The second-order valence-corrected chi connectivity index (χ2v) is 4.60. The van der Waals surface area contributed by atoms with Gasteiger partial charge in [-0.1, -0.05) is 0 Å². The van der Waals surface area contributed by atoms with Crippen LogP contribution in [0.1, 0.15) is 33.1 Å². The Bertz CT molecular complexity index is 194. The van der Waals surface area contributed by atoms with E-state index in [1.165, 1.54) is 0 Å². The summed E-state index contributed by atoms with van der Waals surface area (Å²) in [6.45, 7) is 4.53. The molecule has 14 heavy (non-hydrogen) atoms. The van der Waals surface area contributed by atoms with Gasteiger partial charge in [-0.15, -0.1) is 0 Å². The second-order valence-electron chi connectivity index (χ2n) is 4.60. The Labute approximate surface area is 83.3 Å². The van der Waals surface area contributed by atoms with Crippen LogP contribution in [-0.2, 0) is 0 Å². The highest BCUT2D eigenvalue weighted by Crippen LogP contribution is 2.59. The molecule has 1 fully saturated rings. The fraction of sp³-hybridized carbons (Fsp3) is 1.00.